The molecule has 1 aliphatic rings. The van der Waals surface area contributed by atoms with Crippen LogP contribution in [0.4, 0.5) is 5.69 Å². The van der Waals surface area contributed by atoms with Crippen molar-refractivity contribution in [3.05, 3.63) is 71.3 Å². The Kier molecular flexibility index (Phi) is 6.77. The van der Waals surface area contributed by atoms with Gasteiger partial charge in [-0.2, -0.15) is 0 Å². The summed E-state index contributed by atoms with van der Waals surface area (Å²) in [6.45, 7) is 7.44. The molecule has 1 N–H and O–H groups in total. The van der Waals surface area contributed by atoms with Crippen molar-refractivity contribution in [3.8, 4) is 11.1 Å². The minimum atomic E-state index is -0.0456. The average Bonchev–Trinajstić information content (AvgIpc) is 3.31. The number of aryl methyl sites for hydroxylation is 1. The number of rotatable bonds is 8. The Labute approximate surface area is 189 Å². The molecular weight excluding hydrogens is 400 g/mol. The normalized spacial score (nSPS) is 15.7. The Morgan fingerprint density at radius 1 is 1.16 bits per heavy atom. The van der Waals surface area contributed by atoms with Gasteiger partial charge in [0.25, 0.3) is 0 Å². The molecule has 0 bridgehead atoms. The molecule has 1 unspecified atom stereocenters. The lowest BCUT2D eigenvalue weighted by Gasteiger charge is -2.17. The van der Waals surface area contributed by atoms with E-state index in [9.17, 15) is 4.79 Å². The van der Waals surface area contributed by atoms with Gasteiger partial charge in [0.2, 0.25) is 0 Å². The van der Waals surface area contributed by atoms with E-state index in [0.29, 0.717) is 11.5 Å². The molecule has 3 nitrogen and oxygen atoms in total. The first kappa shape index (κ1) is 21.6. The molecule has 2 heterocycles. The Morgan fingerprint density at radius 3 is 2.65 bits per heavy atom. The number of thioether (sulfide) groups is 1. The first-order chi connectivity index (χ1) is 15.0. The van der Waals surface area contributed by atoms with Crippen LogP contribution in [0, 0.1) is 12.8 Å². The number of nitrogens with one attached hydrogen (secondary N) is 1. The lowest BCUT2D eigenvalue weighted by atomic mass is 9.98. The quantitative estimate of drug-likeness (QED) is 0.302. The number of Topliss-reactive ketones (excluding diaryl/α,β-unsaturated/α-hetero) is 1. The second-order valence-corrected chi connectivity index (χ2v) is 9.82. The van der Waals surface area contributed by atoms with Gasteiger partial charge in [-0.25, -0.2) is 0 Å². The fourth-order valence-electron chi connectivity index (χ4n) is 3.95. The summed E-state index contributed by atoms with van der Waals surface area (Å²) in [5.41, 5.74) is 6.11. The molecule has 0 fully saturated rings. The van der Waals surface area contributed by atoms with E-state index in [-0.39, 0.29) is 11.0 Å². The van der Waals surface area contributed by atoms with Crippen LogP contribution in [0.2, 0.25) is 0 Å². The van der Waals surface area contributed by atoms with Crippen LogP contribution in [0.15, 0.2) is 60.1 Å². The van der Waals surface area contributed by atoms with Crippen molar-refractivity contribution in [3.63, 3.8) is 0 Å². The maximum absolute atomic E-state index is 13.3. The molecule has 4 rings (SSSR count). The predicted octanol–water partition coefficient (Wildman–Crippen LogP) is 7.26. The van der Waals surface area contributed by atoms with Crippen LogP contribution < -0.4 is 5.32 Å². The van der Waals surface area contributed by atoms with Gasteiger partial charge < -0.3 is 5.32 Å². The highest BCUT2D eigenvalue weighted by Crippen LogP contribution is 2.34. The highest BCUT2D eigenvalue weighted by Gasteiger charge is 2.25. The Bertz CT molecular complexity index is 1090. The average molecular weight is 431 g/mol. The largest absolute Gasteiger partial charge is 0.384 e. The number of benzene rings is 2. The molecule has 1 aliphatic heterocycles. The van der Waals surface area contributed by atoms with Gasteiger partial charge >= 0.3 is 0 Å². The van der Waals surface area contributed by atoms with E-state index in [1.54, 1.807) is 18.0 Å². The molecule has 0 saturated heterocycles. The predicted molar refractivity (Wildman–Crippen MR) is 134 cm³/mol. The number of fused-ring (bicyclic) bond motifs is 1. The summed E-state index contributed by atoms with van der Waals surface area (Å²) >= 11 is 1.61. The topological polar surface area (TPSA) is 42.0 Å². The van der Waals surface area contributed by atoms with Gasteiger partial charge in [0.05, 0.1) is 22.0 Å². The molecule has 0 radical (unpaired) electrons. The molecule has 160 valence electrons. The van der Waals surface area contributed by atoms with Crippen LogP contribution in [0.25, 0.3) is 22.0 Å². The third-order valence-corrected chi connectivity index (χ3v) is 6.84. The van der Waals surface area contributed by atoms with Crippen LogP contribution in [-0.4, -0.2) is 22.6 Å². The molecular formula is C27H30N2OS. The smallest absolute Gasteiger partial charge is 0.180 e. The number of pyridine rings is 1. The summed E-state index contributed by atoms with van der Waals surface area (Å²) in [6, 6.07) is 14.9. The monoisotopic (exact) mass is 430 g/mol. The van der Waals surface area contributed by atoms with Gasteiger partial charge in [-0.1, -0.05) is 55.8 Å². The zero-order valence-electron chi connectivity index (χ0n) is 18.5. The van der Waals surface area contributed by atoms with E-state index in [4.69, 9.17) is 0 Å². The number of nitrogens with zero attached hydrogens (tertiary/aromatic N) is 1. The Balaban J connectivity index is 1.74. The zero-order valence-corrected chi connectivity index (χ0v) is 19.3. The molecule has 0 saturated carbocycles. The molecule has 2 aromatic carbocycles. The Morgan fingerprint density at radius 2 is 1.94 bits per heavy atom. The highest BCUT2D eigenvalue weighted by atomic mass is 32.2. The van der Waals surface area contributed by atoms with E-state index in [1.165, 1.54) is 11.1 Å². The second-order valence-electron chi connectivity index (χ2n) is 8.70. The summed E-state index contributed by atoms with van der Waals surface area (Å²) < 4.78 is 0. The molecule has 4 heteroatoms. The van der Waals surface area contributed by atoms with E-state index in [0.717, 1.165) is 48.0 Å². The highest BCUT2D eigenvalue weighted by molar-refractivity contribution is 8.03. The van der Waals surface area contributed by atoms with Crippen LogP contribution in [0.1, 0.15) is 49.0 Å². The van der Waals surface area contributed by atoms with Gasteiger partial charge in [0.15, 0.2) is 5.78 Å². The fraction of sp³-hybridized carbons (Fsp3) is 0.333. The second kappa shape index (κ2) is 9.69. The van der Waals surface area contributed by atoms with Gasteiger partial charge in [-0.15, -0.1) is 11.8 Å². The number of carbonyl (C=O) groups is 1. The Hall–Kier alpha value is -2.59. The first-order valence-corrected chi connectivity index (χ1v) is 12.1. The van der Waals surface area contributed by atoms with Gasteiger partial charge in [0, 0.05) is 18.1 Å². The van der Waals surface area contributed by atoms with Crippen LogP contribution in [-0.2, 0) is 0 Å². The van der Waals surface area contributed by atoms with Crippen LogP contribution in [0.3, 0.4) is 0 Å². The number of carbonyl (C=O) groups excluding carboxylic acids is 1. The minimum Gasteiger partial charge on any atom is -0.384 e. The van der Waals surface area contributed by atoms with E-state index in [2.05, 4.69) is 79.6 Å². The van der Waals surface area contributed by atoms with Crippen molar-refractivity contribution >= 4 is 34.1 Å². The third-order valence-electron chi connectivity index (χ3n) is 5.76. The summed E-state index contributed by atoms with van der Waals surface area (Å²) in [5.74, 6) is 0.836. The van der Waals surface area contributed by atoms with Crippen LogP contribution in [0.5, 0.6) is 0 Å². The first-order valence-electron chi connectivity index (χ1n) is 11.1. The molecule has 0 aliphatic carbocycles. The minimum absolute atomic E-state index is 0.0456. The van der Waals surface area contributed by atoms with Crippen molar-refractivity contribution < 1.29 is 4.79 Å². The number of aromatic nitrogens is 1. The number of anilines is 1. The van der Waals surface area contributed by atoms with Gasteiger partial charge in [-0.3, -0.25) is 9.78 Å². The van der Waals surface area contributed by atoms with Gasteiger partial charge in [0.1, 0.15) is 0 Å². The summed E-state index contributed by atoms with van der Waals surface area (Å²) in [5, 5.41) is 6.62. The van der Waals surface area contributed by atoms with Crippen LogP contribution >= 0.6 is 11.8 Å². The number of hydrogen-bond donors (Lipinski definition) is 1. The molecule has 3 aromatic rings. The lowest BCUT2D eigenvalue weighted by Crippen LogP contribution is -2.18. The standard InChI is InChI=1S/C27H30N2OS/c1-18(2)6-4-14-28-26-22-16-21(20-10-8-19(3)9-11-20)12-13-24(22)29-17-23(26)27(30)25-7-5-15-31-25/h5,8-13,15-18,25H,4,6-7,14H2,1-3H3,(H,28,29). The number of ketones is 1. The fourth-order valence-corrected chi connectivity index (χ4v) is 4.83. The lowest BCUT2D eigenvalue weighted by molar-refractivity contribution is 0.0991. The van der Waals surface area contributed by atoms with E-state index in [1.807, 2.05) is 5.41 Å². The molecule has 0 amide bonds. The molecule has 31 heavy (non-hydrogen) atoms. The van der Waals surface area contributed by atoms with Crippen molar-refractivity contribution in [1.29, 1.82) is 0 Å². The number of hydrogen-bond acceptors (Lipinski definition) is 4. The maximum atomic E-state index is 13.3. The number of allylic oxidation sites excluding steroid dienone is 1. The summed E-state index contributed by atoms with van der Waals surface area (Å²) in [4.78, 5) is 18.0. The van der Waals surface area contributed by atoms with E-state index < -0.39 is 0 Å². The van der Waals surface area contributed by atoms with Crippen molar-refractivity contribution in [1.82, 2.24) is 4.98 Å². The SMILES string of the molecule is Cc1ccc(-c2ccc3ncc(C(=O)C4CC=CS4)c(NCCCC(C)C)c3c2)cc1. The molecule has 1 aromatic heterocycles. The molecule has 1 atom stereocenters. The van der Waals surface area contributed by atoms with Crippen molar-refractivity contribution in [2.75, 3.05) is 11.9 Å². The third kappa shape index (κ3) is 5.01. The van der Waals surface area contributed by atoms with Crippen molar-refractivity contribution in [2.24, 2.45) is 5.92 Å². The summed E-state index contributed by atoms with van der Waals surface area (Å²) in [7, 11) is 0. The van der Waals surface area contributed by atoms with Crippen molar-refractivity contribution in [2.45, 2.75) is 45.3 Å². The summed E-state index contributed by atoms with van der Waals surface area (Å²) in [6.07, 6.45) is 6.87. The van der Waals surface area contributed by atoms with Gasteiger partial charge in [-0.05, 0) is 60.8 Å². The molecule has 0 spiro atoms. The zero-order chi connectivity index (χ0) is 21.8. The maximum Gasteiger partial charge on any atom is 0.180 e. The van der Waals surface area contributed by atoms with E-state index >= 15 is 0 Å².